The smallest absolute Gasteiger partial charge is 0.357 e. The molecule has 2 heterocycles. The topological polar surface area (TPSA) is 120 Å². The van der Waals surface area contributed by atoms with Crippen LogP contribution in [-0.4, -0.2) is 31.3 Å². The molecule has 0 aliphatic carbocycles. The lowest BCUT2D eigenvalue weighted by Crippen LogP contribution is -2.15. The van der Waals surface area contributed by atoms with Gasteiger partial charge >= 0.3 is 11.6 Å². The zero-order valence-corrected chi connectivity index (χ0v) is 15.8. The SMILES string of the molecule is Cc1nnnn1C(=Cc1ccccc1)C(=O)OCc1cc(=O)oc2cc(O)ccc12. The van der Waals surface area contributed by atoms with E-state index >= 15 is 0 Å². The van der Waals surface area contributed by atoms with Crippen molar-refractivity contribution in [3.63, 3.8) is 0 Å². The van der Waals surface area contributed by atoms with Gasteiger partial charge in [-0.25, -0.2) is 9.59 Å². The first-order valence-corrected chi connectivity index (χ1v) is 8.96. The first kappa shape index (κ1) is 19.1. The number of carbonyl (C=O) groups is 1. The van der Waals surface area contributed by atoms with Gasteiger partial charge in [0.05, 0.1) is 0 Å². The molecule has 9 nitrogen and oxygen atoms in total. The quantitative estimate of drug-likeness (QED) is 0.306. The average molecular weight is 404 g/mol. The van der Waals surface area contributed by atoms with E-state index in [1.54, 1.807) is 19.1 Å². The number of hydrogen-bond acceptors (Lipinski definition) is 8. The van der Waals surface area contributed by atoms with Gasteiger partial charge in [-0.2, -0.15) is 4.68 Å². The van der Waals surface area contributed by atoms with Crippen LogP contribution in [0.5, 0.6) is 5.75 Å². The van der Waals surface area contributed by atoms with Crippen molar-refractivity contribution in [3.8, 4) is 5.75 Å². The van der Waals surface area contributed by atoms with Gasteiger partial charge in [-0.1, -0.05) is 30.3 Å². The normalized spacial score (nSPS) is 11.6. The minimum Gasteiger partial charge on any atom is -0.508 e. The maximum absolute atomic E-state index is 12.9. The first-order valence-electron chi connectivity index (χ1n) is 8.96. The third kappa shape index (κ3) is 3.95. The lowest BCUT2D eigenvalue weighted by atomic mass is 10.1. The summed E-state index contributed by atoms with van der Waals surface area (Å²) in [5, 5.41) is 21.4. The van der Waals surface area contributed by atoms with Gasteiger partial charge in [0.25, 0.3) is 0 Å². The van der Waals surface area contributed by atoms with Crippen molar-refractivity contribution in [2.24, 2.45) is 0 Å². The molecule has 0 unspecified atom stereocenters. The number of tetrazole rings is 1. The van der Waals surface area contributed by atoms with Crippen LogP contribution in [0.1, 0.15) is 17.0 Å². The Balaban J connectivity index is 1.66. The Morgan fingerprint density at radius 2 is 2.00 bits per heavy atom. The first-order chi connectivity index (χ1) is 14.5. The Morgan fingerprint density at radius 1 is 1.20 bits per heavy atom. The lowest BCUT2D eigenvalue weighted by Gasteiger charge is -2.10. The van der Waals surface area contributed by atoms with Gasteiger partial charge < -0.3 is 14.3 Å². The predicted molar refractivity (Wildman–Crippen MR) is 107 cm³/mol. The molecule has 0 aliphatic heterocycles. The Hall–Kier alpha value is -4.27. The number of aromatic nitrogens is 4. The number of fused-ring (bicyclic) bond motifs is 1. The van der Waals surface area contributed by atoms with Gasteiger partial charge in [0.1, 0.15) is 17.9 Å². The van der Waals surface area contributed by atoms with Crippen LogP contribution in [0.25, 0.3) is 22.7 Å². The molecule has 0 saturated heterocycles. The molecular weight excluding hydrogens is 388 g/mol. The van der Waals surface area contributed by atoms with Crippen LogP contribution in [0.15, 0.2) is 63.8 Å². The number of ether oxygens (including phenoxy) is 1. The second kappa shape index (κ2) is 8.00. The molecule has 150 valence electrons. The number of nitrogens with zero attached hydrogens (tertiary/aromatic N) is 4. The molecule has 30 heavy (non-hydrogen) atoms. The Kier molecular flexibility index (Phi) is 5.08. The molecule has 0 aliphatic rings. The number of phenols is 1. The second-order valence-corrected chi connectivity index (χ2v) is 6.43. The van der Waals surface area contributed by atoms with Gasteiger partial charge in [-0.05, 0) is 41.1 Å². The summed E-state index contributed by atoms with van der Waals surface area (Å²) >= 11 is 0. The molecule has 1 N–H and O–H groups in total. The zero-order valence-electron chi connectivity index (χ0n) is 15.8. The summed E-state index contributed by atoms with van der Waals surface area (Å²) in [5.41, 5.74) is 0.914. The van der Waals surface area contributed by atoms with Crippen LogP contribution in [-0.2, 0) is 16.1 Å². The molecule has 2 aromatic heterocycles. The maximum atomic E-state index is 12.9. The van der Waals surface area contributed by atoms with E-state index in [0.29, 0.717) is 16.8 Å². The molecule has 0 spiro atoms. The molecule has 4 rings (SSSR count). The highest BCUT2D eigenvalue weighted by Crippen LogP contribution is 2.23. The van der Waals surface area contributed by atoms with Crippen molar-refractivity contribution < 1.29 is 19.1 Å². The number of benzene rings is 2. The van der Waals surface area contributed by atoms with Crippen LogP contribution >= 0.6 is 0 Å². The molecule has 9 heteroatoms. The van der Waals surface area contributed by atoms with Gasteiger partial charge in [-0.3, -0.25) is 0 Å². The third-order valence-corrected chi connectivity index (χ3v) is 4.34. The van der Waals surface area contributed by atoms with E-state index in [1.165, 1.54) is 22.9 Å². The summed E-state index contributed by atoms with van der Waals surface area (Å²) in [6.45, 7) is 1.48. The molecular formula is C21H16N4O5. The molecule has 2 aromatic carbocycles. The molecule has 0 saturated carbocycles. The monoisotopic (exact) mass is 404 g/mol. The number of carbonyl (C=O) groups excluding carboxylic acids is 1. The van der Waals surface area contributed by atoms with Crippen LogP contribution in [0.2, 0.25) is 0 Å². The van der Waals surface area contributed by atoms with Crippen molar-refractivity contribution in [1.82, 2.24) is 20.2 Å². The minimum atomic E-state index is -0.672. The average Bonchev–Trinajstić information content (AvgIpc) is 3.15. The standard InChI is InChI=1S/C21H16N4O5/c1-13-22-23-24-25(13)18(9-14-5-3-2-4-6-14)21(28)29-12-15-10-20(27)30-19-11-16(26)7-8-17(15)19/h2-11,26H,12H2,1H3. The molecule has 0 fully saturated rings. The number of phenolic OH excluding ortho intramolecular Hbond substituents is 1. The summed E-state index contributed by atoms with van der Waals surface area (Å²) in [5.74, 6) is -0.299. The summed E-state index contributed by atoms with van der Waals surface area (Å²) in [7, 11) is 0. The van der Waals surface area contributed by atoms with E-state index < -0.39 is 11.6 Å². The van der Waals surface area contributed by atoms with Crippen molar-refractivity contribution in [1.29, 1.82) is 0 Å². The summed E-state index contributed by atoms with van der Waals surface area (Å²) in [4.78, 5) is 24.7. The number of aryl methyl sites for hydroxylation is 1. The number of hydrogen-bond donors (Lipinski definition) is 1. The summed E-state index contributed by atoms with van der Waals surface area (Å²) in [6, 6.07) is 14.8. The Bertz CT molecular complexity index is 1310. The van der Waals surface area contributed by atoms with Crippen LogP contribution in [0.4, 0.5) is 0 Å². The predicted octanol–water partition coefficient (Wildman–Crippen LogP) is 2.54. The van der Waals surface area contributed by atoms with Crippen molar-refractivity contribution in [3.05, 3.63) is 82.0 Å². The largest absolute Gasteiger partial charge is 0.508 e. The highest BCUT2D eigenvalue weighted by atomic mass is 16.5. The van der Waals surface area contributed by atoms with Gasteiger partial charge in [0, 0.05) is 23.1 Å². The van der Waals surface area contributed by atoms with E-state index in [2.05, 4.69) is 15.5 Å². The third-order valence-electron chi connectivity index (χ3n) is 4.34. The Labute approximate surface area is 169 Å². The number of rotatable bonds is 5. The van der Waals surface area contributed by atoms with Gasteiger partial charge in [0.15, 0.2) is 11.5 Å². The van der Waals surface area contributed by atoms with Gasteiger partial charge in [-0.15, -0.1) is 5.10 Å². The van der Waals surface area contributed by atoms with Crippen molar-refractivity contribution >= 4 is 28.7 Å². The fourth-order valence-corrected chi connectivity index (χ4v) is 2.92. The van der Waals surface area contributed by atoms with Gasteiger partial charge in [0.2, 0.25) is 0 Å². The van der Waals surface area contributed by atoms with Crippen molar-refractivity contribution in [2.75, 3.05) is 0 Å². The Morgan fingerprint density at radius 3 is 2.73 bits per heavy atom. The van der Waals surface area contributed by atoms with Crippen LogP contribution in [0.3, 0.4) is 0 Å². The van der Waals surface area contributed by atoms with E-state index in [0.717, 1.165) is 5.56 Å². The fraction of sp³-hybridized carbons (Fsp3) is 0.0952. The van der Waals surface area contributed by atoms with Crippen molar-refractivity contribution in [2.45, 2.75) is 13.5 Å². The lowest BCUT2D eigenvalue weighted by molar-refractivity contribution is -0.138. The van der Waals surface area contributed by atoms with E-state index in [-0.39, 0.29) is 23.6 Å². The summed E-state index contributed by atoms with van der Waals surface area (Å²) < 4.78 is 11.8. The van der Waals surface area contributed by atoms with Crippen LogP contribution in [0, 0.1) is 6.92 Å². The second-order valence-electron chi connectivity index (χ2n) is 6.43. The zero-order chi connectivity index (χ0) is 21.1. The maximum Gasteiger partial charge on any atom is 0.357 e. The van der Waals surface area contributed by atoms with E-state index in [1.807, 2.05) is 30.3 Å². The minimum absolute atomic E-state index is 0.0398. The highest BCUT2D eigenvalue weighted by Gasteiger charge is 2.19. The van der Waals surface area contributed by atoms with E-state index in [9.17, 15) is 14.7 Å². The highest BCUT2D eigenvalue weighted by molar-refractivity contribution is 6.15. The molecule has 4 aromatic rings. The number of aromatic hydroxyl groups is 1. The van der Waals surface area contributed by atoms with Crippen LogP contribution < -0.4 is 5.63 Å². The molecule has 0 amide bonds. The summed E-state index contributed by atoms with van der Waals surface area (Å²) in [6.07, 6.45) is 1.61. The molecule has 0 atom stereocenters. The van der Waals surface area contributed by atoms with E-state index in [4.69, 9.17) is 9.15 Å². The molecule has 0 bridgehead atoms. The number of esters is 1. The molecule has 0 radical (unpaired) electrons. The fourth-order valence-electron chi connectivity index (χ4n) is 2.92.